The van der Waals surface area contributed by atoms with Crippen LogP contribution in [0.25, 0.3) is 0 Å². The highest BCUT2D eigenvalue weighted by atomic mass is 19.1. The highest BCUT2D eigenvalue weighted by molar-refractivity contribution is 5.25. The van der Waals surface area contributed by atoms with Gasteiger partial charge in [-0.2, -0.15) is 0 Å². The minimum absolute atomic E-state index is 0.237. The Bertz CT molecular complexity index is 303. The first-order chi connectivity index (χ1) is 6.98. The second-order valence-corrected chi connectivity index (χ2v) is 4.53. The van der Waals surface area contributed by atoms with Gasteiger partial charge in [-0.1, -0.05) is 39.3 Å². The van der Waals surface area contributed by atoms with Gasteiger partial charge in [0.2, 0.25) is 0 Å². The number of hydrogen-bond acceptors (Lipinski definition) is 1. The van der Waals surface area contributed by atoms with E-state index in [2.05, 4.69) is 0 Å². The minimum Gasteiger partial charge on any atom is -0.392 e. The molecule has 1 aromatic carbocycles. The Morgan fingerprint density at radius 1 is 1.27 bits per heavy atom. The van der Waals surface area contributed by atoms with E-state index >= 15 is 0 Å². The number of benzene rings is 1. The lowest BCUT2D eigenvalue weighted by Crippen LogP contribution is -2.33. The number of aliphatic hydroxyl groups excluding tert-OH is 1. The molecule has 0 saturated carbocycles. The van der Waals surface area contributed by atoms with Gasteiger partial charge in [0, 0.05) is 5.41 Å². The minimum atomic E-state index is -0.382. The van der Waals surface area contributed by atoms with Crippen molar-refractivity contribution in [2.75, 3.05) is 0 Å². The molecule has 0 radical (unpaired) electrons. The van der Waals surface area contributed by atoms with Crippen LogP contribution < -0.4 is 0 Å². The summed E-state index contributed by atoms with van der Waals surface area (Å²) in [4.78, 5) is 0. The van der Waals surface area contributed by atoms with Crippen LogP contribution >= 0.6 is 0 Å². The van der Waals surface area contributed by atoms with Crippen molar-refractivity contribution in [1.29, 1.82) is 0 Å². The Morgan fingerprint density at radius 3 is 2.27 bits per heavy atom. The third-order valence-corrected chi connectivity index (χ3v) is 2.98. The second-order valence-electron chi connectivity index (χ2n) is 4.53. The largest absolute Gasteiger partial charge is 0.392 e. The lowest BCUT2D eigenvalue weighted by molar-refractivity contribution is 0.0905. The van der Waals surface area contributed by atoms with Crippen molar-refractivity contribution in [2.24, 2.45) is 0 Å². The summed E-state index contributed by atoms with van der Waals surface area (Å²) < 4.78 is 12.8. The molecule has 0 spiro atoms. The maximum absolute atomic E-state index is 12.8. The highest BCUT2D eigenvalue weighted by Gasteiger charge is 2.28. The number of halogens is 1. The molecule has 0 fully saturated rings. The molecule has 1 atom stereocenters. The van der Waals surface area contributed by atoms with E-state index in [1.165, 1.54) is 12.1 Å². The van der Waals surface area contributed by atoms with Gasteiger partial charge in [-0.05, 0) is 24.1 Å². The van der Waals surface area contributed by atoms with Gasteiger partial charge >= 0.3 is 0 Å². The maximum atomic E-state index is 12.8. The van der Waals surface area contributed by atoms with Crippen LogP contribution in [0.1, 0.15) is 39.2 Å². The fourth-order valence-electron chi connectivity index (χ4n) is 1.71. The maximum Gasteiger partial charge on any atom is 0.123 e. The average molecular weight is 210 g/mol. The highest BCUT2D eigenvalue weighted by Crippen LogP contribution is 2.29. The van der Waals surface area contributed by atoms with Crippen LogP contribution in [-0.4, -0.2) is 11.2 Å². The molecule has 1 rings (SSSR count). The molecular weight excluding hydrogens is 191 g/mol. The van der Waals surface area contributed by atoms with Gasteiger partial charge in [0.1, 0.15) is 5.82 Å². The van der Waals surface area contributed by atoms with E-state index in [9.17, 15) is 9.50 Å². The van der Waals surface area contributed by atoms with E-state index in [-0.39, 0.29) is 17.3 Å². The molecule has 0 amide bonds. The van der Waals surface area contributed by atoms with Gasteiger partial charge in [-0.25, -0.2) is 4.39 Å². The van der Waals surface area contributed by atoms with Crippen molar-refractivity contribution in [1.82, 2.24) is 0 Å². The fraction of sp³-hybridized carbons (Fsp3) is 0.538. The Labute approximate surface area is 90.9 Å². The van der Waals surface area contributed by atoms with Crippen molar-refractivity contribution in [3.8, 4) is 0 Å². The molecule has 0 aliphatic carbocycles. The van der Waals surface area contributed by atoms with E-state index < -0.39 is 0 Å². The normalized spacial score (nSPS) is 13.9. The summed E-state index contributed by atoms with van der Waals surface area (Å²) in [7, 11) is 0. The van der Waals surface area contributed by atoms with Crippen LogP contribution in [-0.2, 0) is 5.41 Å². The smallest absolute Gasteiger partial charge is 0.123 e. The van der Waals surface area contributed by atoms with Crippen LogP contribution in [0.15, 0.2) is 24.3 Å². The van der Waals surface area contributed by atoms with Gasteiger partial charge in [-0.3, -0.25) is 0 Å². The lowest BCUT2D eigenvalue weighted by Gasteiger charge is -2.31. The predicted octanol–water partition coefficient (Wildman–Crippen LogP) is 3.26. The number of rotatable bonds is 4. The summed E-state index contributed by atoms with van der Waals surface area (Å²) in [5.74, 6) is -0.237. The predicted molar refractivity (Wildman–Crippen MR) is 60.3 cm³/mol. The molecule has 1 N–H and O–H groups in total. The molecule has 0 aliphatic heterocycles. The molecule has 0 heterocycles. The number of hydrogen-bond donors (Lipinski definition) is 1. The Kier molecular flexibility index (Phi) is 3.86. The molecule has 0 aromatic heterocycles. The first kappa shape index (κ1) is 12.2. The second kappa shape index (κ2) is 4.75. The number of aliphatic hydroxyl groups is 1. The van der Waals surface area contributed by atoms with Gasteiger partial charge in [-0.15, -0.1) is 0 Å². The van der Waals surface area contributed by atoms with Crippen molar-refractivity contribution >= 4 is 0 Å². The molecule has 0 aliphatic rings. The fourth-order valence-corrected chi connectivity index (χ4v) is 1.71. The van der Waals surface area contributed by atoms with E-state index in [1.807, 2.05) is 20.8 Å². The van der Waals surface area contributed by atoms with Crippen LogP contribution in [0.5, 0.6) is 0 Å². The van der Waals surface area contributed by atoms with Crippen molar-refractivity contribution in [3.63, 3.8) is 0 Å². The van der Waals surface area contributed by atoms with Crippen molar-refractivity contribution in [3.05, 3.63) is 35.6 Å². The molecule has 1 nitrogen and oxygen atoms in total. The molecular formula is C13H19FO. The zero-order chi connectivity index (χ0) is 11.5. The van der Waals surface area contributed by atoms with Crippen LogP contribution in [0.3, 0.4) is 0 Å². The average Bonchev–Trinajstić information content (AvgIpc) is 2.18. The van der Waals surface area contributed by atoms with Crippen LogP contribution in [0, 0.1) is 5.82 Å². The zero-order valence-electron chi connectivity index (χ0n) is 9.63. The van der Waals surface area contributed by atoms with E-state index in [0.717, 1.165) is 18.4 Å². The first-order valence-corrected chi connectivity index (χ1v) is 5.42. The van der Waals surface area contributed by atoms with E-state index in [1.54, 1.807) is 12.1 Å². The zero-order valence-corrected chi connectivity index (χ0v) is 9.63. The third-order valence-electron chi connectivity index (χ3n) is 2.98. The summed E-state index contributed by atoms with van der Waals surface area (Å²) in [6.07, 6.45) is 1.34. The first-order valence-electron chi connectivity index (χ1n) is 5.42. The molecule has 0 bridgehead atoms. The quantitative estimate of drug-likeness (QED) is 0.808. The third kappa shape index (κ3) is 2.78. The van der Waals surface area contributed by atoms with E-state index in [0.29, 0.717) is 0 Å². The Morgan fingerprint density at radius 2 is 1.80 bits per heavy atom. The monoisotopic (exact) mass is 210 g/mol. The molecule has 84 valence electrons. The standard InChI is InChI=1S/C13H19FO/c1-4-5-12(15)13(2,3)10-6-8-11(14)9-7-10/h6-9,12,15H,4-5H2,1-3H3. The SMILES string of the molecule is CCCC(O)C(C)(C)c1ccc(F)cc1. The molecule has 2 heteroatoms. The molecule has 1 unspecified atom stereocenters. The molecule has 1 aromatic rings. The lowest BCUT2D eigenvalue weighted by atomic mass is 9.78. The van der Waals surface area contributed by atoms with Crippen LogP contribution in [0.2, 0.25) is 0 Å². The van der Waals surface area contributed by atoms with Crippen molar-refractivity contribution < 1.29 is 9.50 Å². The molecule has 15 heavy (non-hydrogen) atoms. The molecule has 0 saturated heterocycles. The summed E-state index contributed by atoms with van der Waals surface area (Å²) in [6.45, 7) is 6.02. The van der Waals surface area contributed by atoms with Gasteiger partial charge in [0.15, 0.2) is 0 Å². The van der Waals surface area contributed by atoms with Gasteiger partial charge < -0.3 is 5.11 Å². The summed E-state index contributed by atoms with van der Waals surface area (Å²) in [5, 5.41) is 10.0. The van der Waals surface area contributed by atoms with Crippen molar-refractivity contribution in [2.45, 2.75) is 45.1 Å². The van der Waals surface area contributed by atoms with Gasteiger partial charge in [0.25, 0.3) is 0 Å². The summed E-state index contributed by atoms with van der Waals surface area (Å²) in [6, 6.07) is 6.37. The topological polar surface area (TPSA) is 20.2 Å². The summed E-state index contributed by atoms with van der Waals surface area (Å²) >= 11 is 0. The van der Waals surface area contributed by atoms with E-state index in [4.69, 9.17) is 0 Å². The van der Waals surface area contributed by atoms with Gasteiger partial charge in [0.05, 0.1) is 6.10 Å². The summed E-state index contributed by atoms with van der Waals surface area (Å²) in [5.41, 5.74) is 0.661. The Balaban J connectivity index is 2.89. The van der Waals surface area contributed by atoms with Crippen LogP contribution in [0.4, 0.5) is 4.39 Å². The Hall–Kier alpha value is -0.890.